The maximum absolute atomic E-state index is 13.5. The Balaban J connectivity index is 1.55. The van der Waals surface area contributed by atoms with E-state index in [-0.39, 0.29) is 5.75 Å². The van der Waals surface area contributed by atoms with E-state index in [0.29, 0.717) is 24.5 Å². The molecule has 0 amide bonds. The topological polar surface area (TPSA) is 40.6 Å². The van der Waals surface area contributed by atoms with Gasteiger partial charge in [-0.2, -0.15) is 13.2 Å². The van der Waals surface area contributed by atoms with Gasteiger partial charge in [-0.1, -0.05) is 18.2 Å². The summed E-state index contributed by atoms with van der Waals surface area (Å²) in [6.07, 6.45) is -4.47. The van der Waals surface area contributed by atoms with Crippen molar-refractivity contribution in [1.82, 2.24) is 14.8 Å². The van der Waals surface area contributed by atoms with Gasteiger partial charge in [0, 0.05) is 61.2 Å². The van der Waals surface area contributed by atoms with Crippen molar-refractivity contribution >= 4 is 22.3 Å². The first-order valence-corrected chi connectivity index (χ1v) is 10.7. The molecule has 0 bridgehead atoms. The van der Waals surface area contributed by atoms with Crippen LogP contribution >= 0.6 is 0 Å². The van der Waals surface area contributed by atoms with Crippen LogP contribution in [0.2, 0.25) is 0 Å². The summed E-state index contributed by atoms with van der Waals surface area (Å²) in [5, 5.41) is 3.99. The fraction of sp³-hybridized carbons (Fsp3) is 0.375. The summed E-state index contributed by atoms with van der Waals surface area (Å²) in [6, 6.07) is 13.2. The van der Waals surface area contributed by atoms with Crippen LogP contribution in [0, 0.1) is 6.92 Å². The largest absolute Gasteiger partial charge is 0.492 e. The van der Waals surface area contributed by atoms with E-state index in [9.17, 15) is 13.2 Å². The number of nitrogens with zero attached hydrogens (tertiary/aromatic N) is 3. The average Bonchev–Trinajstić information content (AvgIpc) is 2.74. The summed E-state index contributed by atoms with van der Waals surface area (Å²) in [5.41, 5.74) is 1.85. The summed E-state index contributed by atoms with van der Waals surface area (Å²) in [5.74, 6) is 0.200. The molecule has 1 aliphatic rings. The van der Waals surface area contributed by atoms with E-state index in [0.717, 1.165) is 54.9 Å². The summed E-state index contributed by atoms with van der Waals surface area (Å²) < 4.78 is 46.4. The molecule has 2 heterocycles. The number of likely N-dealkylation sites (N-methyl/N-ethyl adjacent to an activating group) is 1. The fourth-order valence-corrected chi connectivity index (χ4v) is 3.85. The minimum atomic E-state index is -4.47. The Morgan fingerprint density at radius 3 is 2.53 bits per heavy atom. The molecule has 3 aromatic rings. The second-order valence-corrected chi connectivity index (χ2v) is 8.19. The van der Waals surface area contributed by atoms with Gasteiger partial charge in [0.25, 0.3) is 0 Å². The molecule has 1 aliphatic heterocycles. The second kappa shape index (κ2) is 9.34. The van der Waals surface area contributed by atoms with E-state index >= 15 is 0 Å². The molecule has 8 heteroatoms. The number of anilines is 2. The van der Waals surface area contributed by atoms with Crippen LogP contribution in [-0.4, -0.2) is 61.2 Å². The number of pyridine rings is 1. The van der Waals surface area contributed by atoms with Crippen LogP contribution in [0.15, 0.2) is 48.5 Å². The summed E-state index contributed by atoms with van der Waals surface area (Å²) in [7, 11) is 2.08. The van der Waals surface area contributed by atoms with E-state index in [2.05, 4.69) is 27.1 Å². The summed E-state index contributed by atoms with van der Waals surface area (Å²) >= 11 is 0. The lowest BCUT2D eigenvalue weighted by Crippen LogP contribution is -2.45. The Bertz CT molecular complexity index is 1080. The average molecular weight is 445 g/mol. The van der Waals surface area contributed by atoms with Crippen molar-refractivity contribution in [3.05, 3.63) is 59.8 Å². The molecule has 170 valence electrons. The highest BCUT2D eigenvalue weighted by Gasteiger charge is 2.31. The van der Waals surface area contributed by atoms with Gasteiger partial charge in [-0.15, -0.1) is 0 Å². The first kappa shape index (κ1) is 22.4. The number of nitrogens with one attached hydrogen (secondary N) is 1. The van der Waals surface area contributed by atoms with Gasteiger partial charge < -0.3 is 15.0 Å². The number of aromatic nitrogens is 1. The molecular weight excluding hydrogens is 417 g/mol. The third kappa shape index (κ3) is 5.49. The highest BCUT2D eigenvalue weighted by molar-refractivity contribution is 5.93. The molecule has 0 saturated carbocycles. The lowest BCUT2D eigenvalue weighted by atomic mass is 10.1. The number of ether oxygens (including phenoxy) is 1. The van der Waals surface area contributed by atoms with Crippen LogP contribution in [0.1, 0.15) is 11.3 Å². The molecule has 2 aromatic carbocycles. The number of hydrogen-bond acceptors (Lipinski definition) is 5. The van der Waals surface area contributed by atoms with Gasteiger partial charge in [0.2, 0.25) is 0 Å². The molecule has 0 unspecified atom stereocenters. The number of benzene rings is 2. The Kier molecular flexibility index (Phi) is 6.53. The molecule has 1 N–H and O–H groups in total. The van der Waals surface area contributed by atoms with Crippen molar-refractivity contribution in [3.63, 3.8) is 0 Å². The van der Waals surface area contributed by atoms with Gasteiger partial charge in [0.05, 0.1) is 11.1 Å². The number of para-hydroxylation sites is 1. The first-order chi connectivity index (χ1) is 15.3. The predicted molar refractivity (Wildman–Crippen MR) is 121 cm³/mol. The minimum Gasteiger partial charge on any atom is -0.492 e. The molecule has 1 saturated heterocycles. The number of hydrogen-bond donors (Lipinski definition) is 1. The highest BCUT2D eigenvalue weighted by Crippen LogP contribution is 2.36. The molecule has 4 rings (SSSR count). The maximum Gasteiger partial charge on any atom is 0.416 e. The standard InChI is InChI=1S/C24H27F3N4O/c1-17-13-23(21-5-3-4-6-22(21)28-17)29-19-14-18(24(25,26)27)15-20(16-19)32-12-11-31-9-7-30(2)8-10-31/h3-6,13-16H,7-12H2,1-2H3,(H,28,29). The van der Waals surface area contributed by atoms with Gasteiger partial charge in [-0.05, 0) is 38.2 Å². The second-order valence-electron chi connectivity index (χ2n) is 8.19. The molecule has 0 radical (unpaired) electrons. The zero-order valence-electron chi connectivity index (χ0n) is 18.2. The first-order valence-electron chi connectivity index (χ1n) is 10.7. The molecule has 1 aromatic heterocycles. The van der Waals surface area contributed by atoms with Crippen molar-refractivity contribution in [1.29, 1.82) is 0 Å². The maximum atomic E-state index is 13.5. The lowest BCUT2D eigenvalue weighted by molar-refractivity contribution is -0.137. The fourth-order valence-electron chi connectivity index (χ4n) is 3.85. The quantitative estimate of drug-likeness (QED) is 0.584. The molecule has 32 heavy (non-hydrogen) atoms. The molecule has 1 fully saturated rings. The van der Waals surface area contributed by atoms with Crippen LogP contribution < -0.4 is 10.1 Å². The normalized spacial score (nSPS) is 15.8. The minimum absolute atomic E-state index is 0.200. The van der Waals surface area contributed by atoms with Crippen LogP contribution in [0.25, 0.3) is 10.9 Å². The SMILES string of the molecule is Cc1cc(Nc2cc(OCCN3CCN(C)CC3)cc(C(F)(F)F)c2)c2ccccc2n1. The predicted octanol–water partition coefficient (Wildman–Crippen LogP) is 4.93. The van der Waals surface area contributed by atoms with Gasteiger partial charge >= 0.3 is 6.18 Å². The third-order valence-electron chi connectivity index (χ3n) is 5.63. The van der Waals surface area contributed by atoms with E-state index in [1.165, 1.54) is 0 Å². The highest BCUT2D eigenvalue weighted by atomic mass is 19.4. The van der Waals surface area contributed by atoms with Crippen LogP contribution in [0.3, 0.4) is 0 Å². The number of piperazine rings is 1. The number of fused-ring (bicyclic) bond motifs is 1. The van der Waals surface area contributed by atoms with E-state index in [1.54, 1.807) is 6.07 Å². The summed E-state index contributed by atoms with van der Waals surface area (Å²) in [4.78, 5) is 9.01. The van der Waals surface area contributed by atoms with E-state index in [4.69, 9.17) is 4.74 Å². The van der Waals surface area contributed by atoms with E-state index in [1.807, 2.05) is 37.3 Å². The van der Waals surface area contributed by atoms with Crippen LogP contribution in [0.4, 0.5) is 24.5 Å². The van der Waals surface area contributed by atoms with Crippen LogP contribution in [0.5, 0.6) is 5.75 Å². The molecule has 0 atom stereocenters. The van der Waals surface area contributed by atoms with Gasteiger partial charge in [0.15, 0.2) is 0 Å². The third-order valence-corrected chi connectivity index (χ3v) is 5.63. The molecule has 0 spiro atoms. The van der Waals surface area contributed by atoms with Gasteiger partial charge in [0.1, 0.15) is 12.4 Å². The van der Waals surface area contributed by atoms with Crippen molar-refractivity contribution in [2.45, 2.75) is 13.1 Å². The smallest absolute Gasteiger partial charge is 0.416 e. The Morgan fingerprint density at radius 1 is 1.03 bits per heavy atom. The monoisotopic (exact) mass is 444 g/mol. The zero-order valence-corrected chi connectivity index (χ0v) is 18.2. The number of aryl methyl sites for hydroxylation is 1. The Morgan fingerprint density at radius 2 is 1.78 bits per heavy atom. The Labute approximate surface area is 185 Å². The lowest BCUT2D eigenvalue weighted by Gasteiger charge is -2.32. The zero-order chi connectivity index (χ0) is 22.7. The Hall–Kier alpha value is -2.84. The number of alkyl halides is 3. The van der Waals surface area contributed by atoms with Gasteiger partial charge in [-0.25, -0.2) is 0 Å². The summed E-state index contributed by atoms with van der Waals surface area (Å²) in [6.45, 7) is 6.71. The van der Waals surface area contributed by atoms with Crippen molar-refractivity contribution in [3.8, 4) is 5.75 Å². The molecular formula is C24H27F3N4O. The van der Waals surface area contributed by atoms with Crippen molar-refractivity contribution in [2.75, 3.05) is 51.7 Å². The number of rotatable bonds is 6. The number of halogens is 3. The van der Waals surface area contributed by atoms with Gasteiger partial charge in [-0.3, -0.25) is 9.88 Å². The van der Waals surface area contributed by atoms with Crippen molar-refractivity contribution < 1.29 is 17.9 Å². The van der Waals surface area contributed by atoms with Crippen LogP contribution in [-0.2, 0) is 6.18 Å². The molecule has 5 nitrogen and oxygen atoms in total. The van der Waals surface area contributed by atoms with E-state index < -0.39 is 11.7 Å². The molecule has 0 aliphatic carbocycles. The van der Waals surface area contributed by atoms with Crippen molar-refractivity contribution in [2.24, 2.45) is 0 Å².